The monoisotopic (exact) mass is 365 g/mol. The molecule has 2 aromatic carbocycles. The van der Waals surface area contributed by atoms with Crippen LogP contribution in [0.25, 0.3) is 0 Å². The van der Waals surface area contributed by atoms with Gasteiger partial charge in [-0.25, -0.2) is 12.8 Å². The van der Waals surface area contributed by atoms with Gasteiger partial charge in [-0.2, -0.15) is 4.31 Å². The van der Waals surface area contributed by atoms with Gasteiger partial charge in [0.25, 0.3) is 0 Å². The summed E-state index contributed by atoms with van der Waals surface area (Å²) in [6, 6.07) is 10.4. The summed E-state index contributed by atoms with van der Waals surface area (Å²) < 4.78 is 51.5. The second kappa shape index (κ2) is 7.01. The molecule has 1 atom stereocenters. The van der Waals surface area contributed by atoms with E-state index in [1.807, 2.05) is 0 Å². The lowest BCUT2D eigenvalue weighted by Crippen LogP contribution is -2.31. The lowest BCUT2D eigenvalue weighted by Gasteiger charge is -2.25. The number of halogens is 1. The minimum Gasteiger partial charge on any atom is -0.497 e. The molecule has 0 radical (unpaired) electrons. The van der Waals surface area contributed by atoms with Gasteiger partial charge in [0.15, 0.2) is 0 Å². The van der Waals surface area contributed by atoms with Crippen molar-refractivity contribution in [3.63, 3.8) is 0 Å². The highest BCUT2D eigenvalue weighted by Gasteiger charge is 2.37. The molecular weight excluding hydrogens is 345 g/mol. The van der Waals surface area contributed by atoms with Crippen LogP contribution in [0, 0.1) is 5.82 Å². The smallest absolute Gasteiger partial charge is 0.247 e. The maximum atomic E-state index is 13.2. The van der Waals surface area contributed by atoms with Gasteiger partial charge in [0.05, 0.1) is 20.3 Å². The highest BCUT2D eigenvalue weighted by atomic mass is 32.2. The summed E-state index contributed by atoms with van der Waals surface area (Å²) in [4.78, 5) is 0.0726. The van der Waals surface area contributed by atoms with Gasteiger partial charge in [-0.1, -0.05) is 12.1 Å². The summed E-state index contributed by atoms with van der Waals surface area (Å²) in [5.74, 6) is 0.369. The first-order chi connectivity index (χ1) is 12.0. The van der Waals surface area contributed by atoms with Crippen LogP contribution in [0.15, 0.2) is 47.4 Å². The maximum absolute atomic E-state index is 13.2. The molecule has 0 amide bonds. The predicted octanol–water partition coefficient (Wildman–Crippen LogP) is 3.37. The van der Waals surface area contributed by atoms with Crippen LogP contribution < -0.4 is 9.47 Å². The molecule has 0 bridgehead atoms. The number of ether oxygens (including phenoxy) is 2. The highest BCUT2D eigenvalue weighted by Crippen LogP contribution is 2.39. The molecule has 0 spiro atoms. The third-order valence-corrected chi connectivity index (χ3v) is 6.35. The highest BCUT2D eigenvalue weighted by molar-refractivity contribution is 7.89. The Morgan fingerprint density at radius 2 is 1.80 bits per heavy atom. The molecule has 0 saturated carbocycles. The third-order valence-electron chi connectivity index (χ3n) is 4.42. The SMILES string of the molecule is COc1ccc(OC)c(S(=O)(=O)N2CCCC2c2ccc(F)cc2)c1. The van der Waals surface area contributed by atoms with E-state index in [1.54, 1.807) is 24.3 Å². The van der Waals surface area contributed by atoms with Gasteiger partial charge in [-0.3, -0.25) is 0 Å². The summed E-state index contributed by atoms with van der Waals surface area (Å²) in [6.07, 6.45) is 1.44. The van der Waals surface area contributed by atoms with E-state index in [0.717, 1.165) is 12.0 Å². The third kappa shape index (κ3) is 3.34. The number of benzene rings is 2. The van der Waals surface area contributed by atoms with Crippen LogP contribution in [0.1, 0.15) is 24.4 Å². The molecule has 5 nitrogen and oxygen atoms in total. The van der Waals surface area contributed by atoms with Crippen molar-refractivity contribution in [2.24, 2.45) is 0 Å². The fourth-order valence-electron chi connectivity index (χ4n) is 3.16. The maximum Gasteiger partial charge on any atom is 0.247 e. The second-order valence-electron chi connectivity index (χ2n) is 5.84. The largest absolute Gasteiger partial charge is 0.497 e. The molecule has 0 aromatic heterocycles. The summed E-state index contributed by atoms with van der Waals surface area (Å²) in [7, 11) is -0.873. The molecule has 3 rings (SSSR count). The molecule has 1 aliphatic rings. The zero-order valence-corrected chi connectivity index (χ0v) is 14.9. The lowest BCUT2D eigenvalue weighted by atomic mass is 10.1. The van der Waals surface area contributed by atoms with Crippen LogP contribution in [0.4, 0.5) is 4.39 Å². The van der Waals surface area contributed by atoms with Crippen LogP contribution in [-0.4, -0.2) is 33.5 Å². The second-order valence-corrected chi connectivity index (χ2v) is 7.70. The first kappa shape index (κ1) is 17.7. The lowest BCUT2D eigenvalue weighted by molar-refractivity contribution is 0.375. The van der Waals surface area contributed by atoms with E-state index < -0.39 is 10.0 Å². The van der Waals surface area contributed by atoms with Crippen LogP contribution in [-0.2, 0) is 10.0 Å². The number of hydrogen-bond acceptors (Lipinski definition) is 4. The van der Waals surface area contributed by atoms with Crippen LogP contribution >= 0.6 is 0 Å². The zero-order chi connectivity index (χ0) is 18.0. The average molecular weight is 365 g/mol. The summed E-state index contributed by atoms with van der Waals surface area (Å²) >= 11 is 0. The molecule has 0 N–H and O–H groups in total. The molecule has 1 fully saturated rings. The molecular formula is C18H20FNO4S. The fraction of sp³-hybridized carbons (Fsp3) is 0.333. The first-order valence-electron chi connectivity index (χ1n) is 7.96. The normalized spacial score (nSPS) is 18.3. The number of nitrogens with zero attached hydrogens (tertiary/aromatic N) is 1. The van der Waals surface area contributed by atoms with Gasteiger partial charge < -0.3 is 9.47 Å². The van der Waals surface area contributed by atoms with Crippen molar-refractivity contribution in [3.05, 3.63) is 53.8 Å². The van der Waals surface area contributed by atoms with E-state index in [9.17, 15) is 12.8 Å². The van der Waals surface area contributed by atoms with Crippen molar-refractivity contribution in [3.8, 4) is 11.5 Å². The Morgan fingerprint density at radius 3 is 2.44 bits per heavy atom. The van der Waals surface area contributed by atoms with Gasteiger partial charge in [0.2, 0.25) is 10.0 Å². The molecule has 1 unspecified atom stereocenters. The minimum atomic E-state index is -3.79. The minimum absolute atomic E-state index is 0.0726. The molecule has 0 aliphatic carbocycles. The van der Waals surface area contributed by atoms with Crippen molar-refractivity contribution in [2.45, 2.75) is 23.8 Å². The molecule has 1 saturated heterocycles. The Balaban J connectivity index is 2.03. The van der Waals surface area contributed by atoms with Crippen molar-refractivity contribution in [1.82, 2.24) is 4.31 Å². The Kier molecular flexibility index (Phi) is 4.96. The molecule has 2 aromatic rings. The number of rotatable bonds is 5. The van der Waals surface area contributed by atoms with Gasteiger partial charge in [-0.05, 0) is 42.7 Å². The molecule has 1 heterocycles. The van der Waals surface area contributed by atoms with Gasteiger partial charge >= 0.3 is 0 Å². The molecule has 1 aliphatic heterocycles. The van der Waals surface area contributed by atoms with E-state index in [-0.39, 0.29) is 22.5 Å². The van der Waals surface area contributed by atoms with Crippen molar-refractivity contribution >= 4 is 10.0 Å². The Morgan fingerprint density at radius 1 is 1.08 bits per heavy atom. The first-order valence-corrected chi connectivity index (χ1v) is 9.40. The standard InChI is InChI=1S/C18H20FNO4S/c1-23-15-9-10-17(24-2)18(12-15)25(21,22)20-11-3-4-16(20)13-5-7-14(19)8-6-13/h5-10,12,16H,3-4,11H2,1-2H3. The predicted molar refractivity (Wildman–Crippen MR) is 91.8 cm³/mol. The quantitative estimate of drug-likeness (QED) is 0.815. The van der Waals surface area contributed by atoms with Crippen LogP contribution in [0.3, 0.4) is 0 Å². The molecule has 134 valence electrons. The Labute approximate surface area is 147 Å². The van der Waals surface area contributed by atoms with Gasteiger partial charge in [-0.15, -0.1) is 0 Å². The van der Waals surface area contributed by atoms with Crippen molar-refractivity contribution < 1.29 is 22.3 Å². The van der Waals surface area contributed by atoms with E-state index in [4.69, 9.17) is 9.47 Å². The average Bonchev–Trinajstić information content (AvgIpc) is 3.12. The number of hydrogen-bond donors (Lipinski definition) is 0. The van der Waals surface area contributed by atoms with Crippen LogP contribution in [0.5, 0.6) is 11.5 Å². The topological polar surface area (TPSA) is 55.8 Å². The van der Waals surface area contributed by atoms with E-state index in [1.165, 1.54) is 36.7 Å². The van der Waals surface area contributed by atoms with Crippen molar-refractivity contribution in [1.29, 1.82) is 0 Å². The molecule has 25 heavy (non-hydrogen) atoms. The summed E-state index contributed by atoms with van der Waals surface area (Å²) in [5, 5.41) is 0. The Bertz CT molecular complexity index is 852. The summed E-state index contributed by atoms with van der Waals surface area (Å²) in [6.45, 7) is 0.407. The fourth-order valence-corrected chi connectivity index (χ4v) is 5.01. The Hall–Kier alpha value is -2.12. The zero-order valence-electron chi connectivity index (χ0n) is 14.1. The summed E-state index contributed by atoms with van der Waals surface area (Å²) in [5.41, 5.74) is 0.782. The molecule has 7 heteroatoms. The number of sulfonamides is 1. The number of methoxy groups -OCH3 is 2. The van der Waals surface area contributed by atoms with Gasteiger partial charge in [0.1, 0.15) is 22.2 Å². The van der Waals surface area contributed by atoms with E-state index in [0.29, 0.717) is 18.7 Å². The van der Waals surface area contributed by atoms with Crippen LogP contribution in [0.2, 0.25) is 0 Å². The van der Waals surface area contributed by atoms with E-state index >= 15 is 0 Å². The van der Waals surface area contributed by atoms with Gasteiger partial charge in [0, 0.05) is 12.6 Å². The van der Waals surface area contributed by atoms with Crippen molar-refractivity contribution in [2.75, 3.05) is 20.8 Å². The van der Waals surface area contributed by atoms with E-state index in [2.05, 4.69) is 0 Å².